The fourth-order valence-corrected chi connectivity index (χ4v) is 4.31. The van der Waals surface area contributed by atoms with Gasteiger partial charge in [-0.3, -0.25) is 4.79 Å². The standard InChI is InChI=1S/C23H34ClN3O3/c1-23(2,3)17-8-10-18(11-9-17)26-22-19(24)14-16(15-25-22)7-12-20(28)27-30-21-6-4-5-13-29-21/h7,12,14-15,17-18,21H,4-6,8-11,13H2,1-3H3,(H,25,26)(H,27,28)/b12-7+. The van der Waals surface area contributed by atoms with Crippen LogP contribution in [-0.2, 0) is 14.4 Å². The number of hydrogen-bond acceptors (Lipinski definition) is 5. The second kappa shape index (κ2) is 10.6. The van der Waals surface area contributed by atoms with E-state index in [1.54, 1.807) is 12.3 Å². The number of rotatable bonds is 6. The molecule has 2 N–H and O–H groups in total. The van der Waals surface area contributed by atoms with Gasteiger partial charge in [0.25, 0.3) is 5.91 Å². The Morgan fingerprint density at radius 3 is 2.63 bits per heavy atom. The highest BCUT2D eigenvalue weighted by Crippen LogP contribution is 2.38. The zero-order valence-corrected chi connectivity index (χ0v) is 19.0. The Labute approximate surface area is 184 Å². The molecule has 0 spiro atoms. The molecule has 1 aliphatic heterocycles. The summed E-state index contributed by atoms with van der Waals surface area (Å²) in [5.41, 5.74) is 3.53. The molecule has 1 saturated heterocycles. The minimum absolute atomic E-state index is 0.349. The van der Waals surface area contributed by atoms with Gasteiger partial charge in [0.1, 0.15) is 5.82 Å². The van der Waals surface area contributed by atoms with Crippen LogP contribution in [0.3, 0.4) is 0 Å². The third-order valence-electron chi connectivity index (χ3n) is 6.01. The number of aromatic nitrogens is 1. The number of carbonyl (C=O) groups excluding carboxylic acids is 1. The first-order valence-corrected chi connectivity index (χ1v) is 11.4. The highest BCUT2D eigenvalue weighted by Gasteiger charge is 2.29. The number of ether oxygens (including phenoxy) is 1. The van der Waals surface area contributed by atoms with Crippen molar-refractivity contribution < 1.29 is 14.4 Å². The summed E-state index contributed by atoms with van der Waals surface area (Å²) in [5.74, 6) is 1.12. The van der Waals surface area contributed by atoms with E-state index in [0.717, 1.165) is 43.6 Å². The van der Waals surface area contributed by atoms with Gasteiger partial charge >= 0.3 is 0 Å². The second-order valence-electron chi connectivity index (χ2n) is 9.37. The third kappa shape index (κ3) is 6.96. The monoisotopic (exact) mass is 435 g/mol. The molecule has 0 bridgehead atoms. The maximum Gasteiger partial charge on any atom is 0.267 e. The molecule has 0 aromatic carbocycles. The van der Waals surface area contributed by atoms with Crippen molar-refractivity contribution in [1.29, 1.82) is 0 Å². The first-order valence-electron chi connectivity index (χ1n) is 11.0. The van der Waals surface area contributed by atoms with Crippen LogP contribution in [0.4, 0.5) is 5.82 Å². The summed E-state index contributed by atoms with van der Waals surface area (Å²) in [6, 6.07) is 2.21. The Kier molecular flexibility index (Phi) is 8.14. The molecule has 1 aromatic rings. The summed E-state index contributed by atoms with van der Waals surface area (Å²) in [5, 5.41) is 4.05. The van der Waals surface area contributed by atoms with Crippen molar-refractivity contribution in [3.63, 3.8) is 0 Å². The summed E-state index contributed by atoms with van der Waals surface area (Å²) in [6.45, 7) is 7.64. The molecule has 30 heavy (non-hydrogen) atoms. The molecular formula is C23H34ClN3O3. The van der Waals surface area contributed by atoms with Gasteiger partial charge < -0.3 is 10.1 Å². The third-order valence-corrected chi connectivity index (χ3v) is 6.30. The van der Waals surface area contributed by atoms with Gasteiger partial charge in [-0.15, -0.1) is 0 Å². The van der Waals surface area contributed by atoms with E-state index in [9.17, 15) is 4.79 Å². The molecule has 2 heterocycles. The van der Waals surface area contributed by atoms with Crippen LogP contribution < -0.4 is 10.8 Å². The van der Waals surface area contributed by atoms with Gasteiger partial charge in [-0.05, 0) is 67.6 Å². The number of hydroxylamine groups is 1. The number of anilines is 1. The number of hydrogen-bond donors (Lipinski definition) is 2. The predicted molar refractivity (Wildman–Crippen MR) is 120 cm³/mol. The van der Waals surface area contributed by atoms with Crippen molar-refractivity contribution in [2.75, 3.05) is 11.9 Å². The summed E-state index contributed by atoms with van der Waals surface area (Å²) in [4.78, 5) is 21.7. The van der Waals surface area contributed by atoms with Crippen molar-refractivity contribution in [2.45, 2.75) is 78.0 Å². The number of nitrogens with zero attached hydrogens (tertiary/aromatic N) is 1. The average Bonchev–Trinajstić information content (AvgIpc) is 2.73. The fourth-order valence-electron chi connectivity index (χ4n) is 4.08. The van der Waals surface area contributed by atoms with Crippen molar-refractivity contribution in [3.8, 4) is 0 Å². The van der Waals surface area contributed by atoms with Crippen molar-refractivity contribution in [2.24, 2.45) is 11.3 Å². The molecule has 3 rings (SSSR count). The van der Waals surface area contributed by atoms with Gasteiger partial charge in [0, 0.05) is 31.3 Å². The van der Waals surface area contributed by atoms with Gasteiger partial charge in [-0.1, -0.05) is 32.4 Å². The zero-order valence-electron chi connectivity index (χ0n) is 18.2. The maximum atomic E-state index is 11.9. The molecule has 1 aromatic heterocycles. The molecule has 7 heteroatoms. The van der Waals surface area contributed by atoms with Crippen LogP contribution in [0, 0.1) is 11.3 Å². The smallest absolute Gasteiger partial charge is 0.267 e. The Morgan fingerprint density at radius 2 is 2.00 bits per heavy atom. The number of nitrogens with one attached hydrogen (secondary N) is 2. The SMILES string of the molecule is CC(C)(C)C1CCC(Nc2ncc(/C=C/C(=O)NOC3CCCCO3)cc2Cl)CC1. The van der Waals surface area contributed by atoms with E-state index in [-0.39, 0.29) is 12.2 Å². The van der Waals surface area contributed by atoms with Crippen LogP contribution in [0.25, 0.3) is 6.08 Å². The molecule has 1 saturated carbocycles. The van der Waals surface area contributed by atoms with Crippen LogP contribution in [0.2, 0.25) is 5.02 Å². The first-order chi connectivity index (χ1) is 14.3. The van der Waals surface area contributed by atoms with Crippen molar-refractivity contribution >= 4 is 29.4 Å². The van der Waals surface area contributed by atoms with Crippen LogP contribution in [0.1, 0.15) is 71.3 Å². The van der Waals surface area contributed by atoms with Gasteiger partial charge in [0.15, 0.2) is 6.29 Å². The van der Waals surface area contributed by atoms with Crippen LogP contribution >= 0.6 is 11.6 Å². The van der Waals surface area contributed by atoms with Crippen LogP contribution in [0.15, 0.2) is 18.3 Å². The Hall–Kier alpha value is -1.63. The Morgan fingerprint density at radius 1 is 1.23 bits per heavy atom. The topological polar surface area (TPSA) is 72.5 Å². The lowest BCUT2D eigenvalue weighted by Crippen LogP contribution is -2.32. The number of amides is 1. The zero-order chi connectivity index (χ0) is 21.6. The van der Waals surface area contributed by atoms with Crippen LogP contribution in [-0.4, -0.2) is 29.8 Å². The van der Waals surface area contributed by atoms with Gasteiger partial charge in [-0.25, -0.2) is 15.3 Å². The van der Waals surface area contributed by atoms with E-state index in [1.807, 2.05) is 6.07 Å². The van der Waals surface area contributed by atoms with Gasteiger partial charge in [0.2, 0.25) is 0 Å². The summed E-state index contributed by atoms with van der Waals surface area (Å²) in [6.07, 6.45) is 12.0. The maximum absolute atomic E-state index is 11.9. The molecular weight excluding hydrogens is 402 g/mol. The minimum atomic E-state index is -0.365. The molecule has 166 valence electrons. The number of halogens is 1. The molecule has 1 atom stereocenters. The van der Waals surface area contributed by atoms with E-state index in [1.165, 1.54) is 18.9 Å². The Balaban J connectivity index is 1.46. The summed E-state index contributed by atoms with van der Waals surface area (Å²) in [7, 11) is 0. The predicted octanol–water partition coefficient (Wildman–Crippen LogP) is 5.34. The largest absolute Gasteiger partial charge is 0.366 e. The first kappa shape index (κ1) is 23.0. The van der Waals surface area contributed by atoms with Gasteiger partial charge in [0.05, 0.1) is 5.02 Å². The number of pyridine rings is 1. The Bertz CT molecular complexity index is 734. The lowest BCUT2D eigenvalue weighted by molar-refractivity contribution is -0.198. The van der Waals surface area contributed by atoms with Gasteiger partial charge in [-0.2, -0.15) is 0 Å². The average molecular weight is 436 g/mol. The fraction of sp³-hybridized carbons (Fsp3) is 0.652. The summed E-state index contributed by atoms with van der Waals surface area (Å²) >= 11 is 6.43. The molecule has 1 aliphatic carbocycles. The lowest BCUT2D eigenvalue weighted by Gasteiger charge is -2.37. The minimum Gasteiger partial charge on any atom is -0.366 e. The molecule has 1 unspecified atom stereocenters. The number of carbonyl (C=O) groups is 1. The quantitative estimate of drug-likeness (QED) is 0.466. The molecule has 6 nitrogen and oxygen atoms in total. The van der Waals surface area contributed by atoms with Crippen molar-refractivity contribution in [3.05, 3.63) is 28.9 Å². The highest BCUT2D eigenvalue weighted by molar-refractivity contribution is 6.33. The van der Waals surface area contributed by atoms with E-state index in [4.69, 9.17) is 21.2 Å². The molecule has 0 radical (unpaired) electrons. The normalized spacial score (nSPS) is 25.3. The molecule has 2 fully saturated rings. The van der Waals surface area contributed by atoms with Crippen molar-refractivity contribution in [1.82, 2.24) is 10.5 Å². The second-order valence-corrected chi connectivity index (χ2v) is 9.78. The lowest BCUT2D eigenvalue weighted by atomic mass is 9.71. The molecule has 2 aliphatic rings. The van der Waals surface area contributed by atoms with E-state index >= 15 is 0 Å². The summed E-state index contributed by atoms with van der Waals surface area (Å²) < 4.78 is 5.41. The van der Waals surface area contributed by atoms with E-state index < -0.39 is 0 Å². The molecule has 1 amide bonds. The van der Waals surface area contributed by atoms with Crippen LogP contribution in [0.5, 0.6) is 0 Å². The highest BCUT2D eigenvalue weighted by atomic mass is 35.5. The van der Waals surface area contributed by atoms with E-state index in [0.29, 0.717) is 28.9 Å². The van der Waals surface area contributed by atoms with E-state index in [2.05, 4.69) is 36.6 Å².